The zero-order valence-electron chi connectivity index (χ0n) is 4.32. The van der Waals surface area contributed by atoms with E-state index in [0.29, 0.717) is 10.7 Å². The monoisotopic (exact) mass is 110 g/mol. The number of rotatable bonds is 0. The molecule has 0 spiro atoms. The lowest BCUT2D eigenvalue weighted by molar-refractivity contribution is 1.04. The molecule has 0 aliphatic rings. The molecule has 1 rings (SSSR count). The van der Waals surface area contributed by atoms with Gasteiger partial charge in [0.25, 0.3) is 0 Å². The van der Waals surface area contributed by atoms with E-state index in [0.717, 1.165) is 0 Å². The highest BCUT2D eigenvalue weighted by Crippen LogP contribution is 1.30. The maximum atomic E-state index is 10.6. The van der Waals surface area contributed by atoms with Crippen molar-refractivity contribution in [3.05, 3.63) is 20.9 Å². The van der Waals surface area contributed by atoms with Crippen LogP contribution in [0.1, 0.15) is 0 Å². The second-order valence-corrected chi connectivity index (χ2v) is 1.54. The highest BCUT2D eigenvalue weighted by molar-refractivity contribution is 5.01. The minimum atomic E-state index is -0.148. The fourth-order valence-electron chi connectivity index (χ4n) is 0.447. The molecule has 0 radical (unpaired) electrons. The zero-order chi connectivity index (χ0) is 6.15. The molecule has 0 saturated carbocycles. The van der Waals surface area contributed by atoms with E-state index in [1.807, 2.05) is 0 Å². The molecule has 2 N–H and O–H groups in total. The Bertz CT molecular complexity index is 288. The van der Waals surface area contributed by atoms with Crippen molar-refractivity contribution < 1.29 is 0 Å². The first-order valence-electron chi connectivity index (χ1n) is 2.16. The molecule has 0 aliphatic heterocycles. The standard InChI is InChI=1S/C5H6N2O/c1-3-5(8)4(2)7-6-3/h6-7H,1-2H2. The van der Waals surface area contributed by atoms with Crippen molar-refractivity contribution >= 4 is 13.2 Å². The van der Waals surface area contributed by atoms with Crippen LogP contribution in [0.5, 0.6) is 0 Å². The van der Waals surface area contributed by atoms with E-state index in [9.17, 15) is 4.79 Å². The van der Waals surface area contributed by atoms with Crippen LogP contribution in [0.4, 0.5) is 0 Å². The van der Waals surface area contributed by atoms with Gasteiger partial charge in [0.15, 0.2) is 0 Å². The van der Waals surface area contributed by atoms with E-state index in [1.165, 1.54) is 0 Å². The summed E-state index contributed by atoms with van der Waals surface area (Å²) in [6.45, 7) is 6.80. The molecule has 0 amide bonds. The van der Waals surface area contributed by atoms with Crippen LogP contribution in [0.25, 0.3) is 13.2 Å². The molecule has 0 aliphatic carbocycles. The fraction of sp³-hybridized carbons (Fsp3) is 0. The van der Waals surface area contributed by atoms with Crippen LogP contribution in [0, 0.1) is 0 Å². The van der Waals surface area contributed by atoms with Crippen LogP contribution in [0.3, 0.4) is 0 Å². The first-order valence-corrected chi connectivity index (χ1v) is 2.16. The lowest BCUT2D eigenvalue weighted by atomic mass is 10.5. The Morgan fingerprint density at radius 1 is 1.12 bits per heavy atom. The summed E-state index contributed by atoms with van der Waals surface area (Å²) in [6, 6.07) is 0. The maximum absolute atomic E-state index is 10.6. The van der Waals surface area contributed by atoms with E-state index >= 15 is 0 Å². The van der Waals surface area contributed by atoms with Gasteiger partial charge in [-0.2, -0.15) is 0 Å². The number of hydrogen-bond donors (Lipinski definition) is 2. The largest absolute Gasteiger partial charge is 0.297 e. The van der Waals surface area contributed by atoms with Gasteiger partial charge in [-0.25, -0.2) is 0 Å². The van der Waals surface area contributed by atoms with Gasteiger partial charge >= 0.3 is 0 Å². The van der Waals surface area contributed by atoms with Gasteiger partial charge in [-0.3, -0.25) is 15.0 Å². The topological polar surface area (TPSA) is 48.6 Å². The van der Waals surface area contributed by atoms with Crippen molar-refractivity contribution in [3.63, 3.8) is 0 Å². The lowest BCUT2D eigenvalue weighted by Gasteiger charge is -1.60. The number of aromatic amines is 2. The SMILES string of the molecule is C=c1[nH][nH]c(=C)c1=O. The van der Waals surface area contributed by atoms with Crippen molar-refractivity contribution in [2.45, 2.75) is 0 Å². The van der Waals surface area contributed by atoms with E-state index in [-0.39, 0.29) is 5.43 Å². The van der Waals surface area contributed by atoms with Crippen LogP contribution in [0.15, 0.2) is 4.79 Å². The smallest absolute Gasteiger partial charge is 0.226 e. The first kappa shape index (κ1) is 4.90. The van der Waals surface area contributed by atoms with Crippen molar-refractivity contribution in [1.29, 1.82) is 0 Å². The van der Waals surface area contributed by atoms with Crippen LogP contribution in [-0.4, -0.2) is 10.2 Å². The van der Waals surface area contributed by atoms with Crippen molar-refractivity contribution in [2.24, 2.45) is 0 Å². The quantitative estimate of drug-likeness (QED) is 0.420. The fourth-order valence-corrected chi connectivity index (χ4v) is 0.447. The molecule has 3 nitrogen and oxygen atoms in total. The molecule has 42 valence electrons. The number of hydrogen-bond acceptors (Lipinski definition) is 1. The maximum Gasteiger partial charge on any atom is 0.226 e. The lowest BCUT2D eigenvalue weighted by Crippen LogP contribution is -2.30. The first-order chi connectivity index (χ1) is 3.72. The second-order valence-electron chi connectivity index (χ2n) is 1.54. The summed E-state index contributed by atoms with van der Waals surface area (Å²) >= 11 is 0. The molecule has 0 fully saturated rings. The molecule has 0 saturated heterocycles. The average Bonchev–Trinajstić information content (AvgIpc) is 1.98. The molecule has 0 bridgehead atoms. The average molecular weight is 110 g/mol. The third-order valence-electron chi connectivity index (χ3n) is 0.912. The van der Waals surface area contributed by atoms with Gasteiger partial charge < -0.3 is 0 Å². The molecule has 0 atom stereocenters. The zero-order valence-corrected chi connectivity index (χ0v) is 4.32. The Morgan fingerprint density at radius 3 is 1.62 bits per heavy atom. The van der Waals surface area contributed by atoms with Gasteiger partial charge in [0.05, 0.1) is 10.7 Å². The third kappa shape index (κ3) is 0.484. The Labute approximate surface area is 45.3 Å². The molecule has 8 heavy (non-hydrogen) atoms. The molecule has 1 heterocycles. The minimum absolute atomic E-state index is 0.148. The summed E-state index contributed by atoms with van der Waals surface area (Å²) in [6.07, 6.45) is 0. The van der Waals surface area contributed by atoms with Crippen LogP contribution >= 0.6 is 0 Å². The summed E-state index contributed by atoms with van der Waals surface area (Å²) < 4.78 is 0. The van der Waals surface area contributed by atoms with Gasteiger partial charge in [-0.05, 0) is 0 Å². The van der Waals surface area contributed by atoms with Crippen LogP contribution in [-0.2, 0) is 0 Å². The van der Waals surface area contributed by atoms with Crippen molar-refractivity contribution in [2.75, 3.05) is 0 Å². The Kier molecular flexibility index (Phi) is 0.836. The van der Waals surface area contributed by atoms with E-state index < -0.39 is 0 Å². The molecular weight excluding hydrogens is 104 g/mol. The highest BCUT2D eigenvalue weighted by Gasteiger charge is 1.84. The molecule has 3 heteroatoms. The Hall–Kier alpha value is -1.25. The number of nitrogens with one attached hydrogen (secondary N) is 2. The van der Waals surface area contributed by atoms with Gasteiger partial charge in [0.2, 0.25) is 5.43 Å². The predicted octanol–water partition coefficient (Wildman–Crippen LogP) is -1.48. The van der Waals surface area contributed by atoms with Gasteiger partial charge in [0.1, 0.15) is 0 Å². The summed E-state index contributed by atoms with van der Waals surface area (Å²) in [5.41, 5.74) is -0.148. The van der Waals surface area contributed by atoms with E-state index in [2.05, 4.69) is 23.4 Å². The van der Waals surface area contributed by atoms with E-state index in [4.69, 9.17) is 0 Å². The van der Waals surface area contributed by atoms with Crippen molar-refractivity contribution in [3.8, 4) is 0 Å². The van der Waals surface area contributed by atoms with Gasteiger partial charge in [0, 0.05) is 0 Å². The Morgan fingerprint density at radius 2 is 1.50 bits per heavy atom. The molecule has 0 unspecified atom stereocenters. The summed E-state index contributed by atoms with van der Waals surface area (Å²) in [7, 11) is 0. The Balaban J connectivity index is 3.94. The van der Waals surface area contributed by atoms with Crippen LogP contribution in [0.2, 0.25) is 0 Å². The summed E-state index contributed by atoms with van der Waals surface area (Å²) in [5, 5.41) is 5.76. The molecule has 1 aromatic rings. The third-order valence-corrected chi connectivity index (χ3v) is 0.912. The van der Waals surface area contributed by atoms with Gasteiger partial charge in [-0.1, -0.05) is 13.2 Å². The van der Waals surface area contributed by atoms with Crippen LogP contribution < -0.4 is 16.1 Å². The summed E-state index contributed by atoms with van der Waals surface area (Å²) in [4.78, 5) is 10.6. The predicted molar refractivity (Wildman–Crippen MR) is 31.7 cm³/mol. The van der Waals surface area contributed by atoms with Gasteiger partial charge in [-0.15, -0.1) is 0 Å². The molecule has 1 aromatic heterocycles. The normalized spacial score (nSPS) is 9.50. The highest BCUT2D eigenvalue weighted by atomic mass is 16.1. The van der Waals surface area contributed by atoms with E-state index in [1.54, 1.807) is 0 Å². The number of H-pyrrole nitrogens is 2. The molecular formula is C5H6N2O. The minimum Gasteiger partial charge on any atom is -0.297 e. The summed E-state index contributed by atoms with van der Waals surface area (Å²) in [5.74, 6) is 0. The second kappa shape index (κ2) is 1.36. The number of aromatic nitrogens is 2. The van der Waals surface area contributed by atoms with Crippen molar-refractivity contribution in [1.82, 2.24) is 10.2 Å². The molecule has 0 aromatic carbocycles.